The molecule has 3 nitrogen and oxygen atoms in total. The van der Waals surface area contributed by atoms with Crippen molar-refractivity contribution in [2.24, 2.45) is 0 Å². The predicted molar refractivity (Wildman–Crippen MR) is 64.3 cm³/mol. The van der Waals surface area contributed by atoms with Crippen LogP contribution in [-0.2, 0) is 0 Å². The lowest BCUT2D eigenvalue weighted by Crippen LogP contribution is -2.57. The average molecular weight is 254 g/mol. The van der Waals surface area contributed by atoms with Gasteiger partial charge in [0, 0.05) is 25.2 Å². The lowest BCUT2D eigenvalue weighted by molar-refractivity contribution is 0.0597. The number of nitrogens with zero attached hydrogens (tertiary/aromatic N) is 1. The molecule has 0 bridgehead atoms. The molecule has 2 atom stereocenters. The molecule has 1 amide bonds. The zero-order valence-corrected chi connectivity index (χ0v) is 10.4. The van der Waals surface area contributed by atoms with Crippen LogP contribution in [0.3, 0.4) is 0 Å². The Morgan fingerprint density at radius 1 is 1.39 bits per heavy atom. The minimum Gasteiger partial charge on any atom is -0.333 e. The van der Waals surface area contributed by atoms with E-state index in [0.717, 1.165) is 18.2 Å². The van der Waals surface area contributed by atoms with Gasteiger partial charge in [-0.05, 0) is 32.0 Å². The number of rotatable bonds is 1. The molecule has 1 N–H and O–H groups in total. The molecule has 1 aromatic rings. The van der Waals surface area contributed by atoms with Crippen LogP contribution < -0.4 is 5.32 Å². The fourth-order valence-electron chi connectivity index (χ4n) is 2.16. The molecule has 1 saturated heterocycles. The molecule has 0 spiro atoms. The molecule has 18 heavy (non-hydrogen) atoms. The van der Waals surface area contributed by atoms with Crippen LogP contribution in [0, 0.1) is 11.6 Å². The summed E-state index contributed by atoms with van der Waals surface area (Å²) in [6, 6.07) is 3.04. The molecule has 0 aromatic heterocycles. The van der Waals surface area contributed by atoms with E-state index in [9.17, 15) is 13.6 Å². The van der Waals surface area contributed by atoms with E-state index in [1.807, 2.05) is 13.8 Å². The van der Waals surface area contributed by atoms with Gasteiger partial charge in [0.05, 0.1) is 5.56 Å². The number of hydrogen-bond donors (Lipinski definition) is 1. The van der Waals surface area contributed by atoms with Gasteiger partial charge in [-0.3, -0.25) is 4.79 Å². The highest BCUT2D eigenvalue weighted by Gasteiger charge is 2.30. The molecule has 2 unspecified atom stereocenters. The van der Waals surface area contributed by atoms with Crippen LogP contribution in [0.5, 0.6) is 0 Å². The van der Waals surface area contributed by atoms with Gasteiger partial charge in [-0.15, -0.1) is 0 Å². The van der Waals surface area contributed by atoms with E-state index in [0.29, 0.717) is 13.1 Å². The number of carbonyl (C=O) groups is 1. The average Bonchev–Trinajstić information content (AvgIpc) is 2.35. The molecular weight excluding hydrogens is 238 g/mol. The lowest BCUT2D eigenvalue weighted by Gasteiger charge is -2.38. The van der Waals surface area contributed by atoms with Gasteiger partial charge < -0.3 is 10.2 Å². The molecule has 2 rings (SSSR count). The van der Waals surface area contributed by atoms with Crippen molar-refractivity contribution >= 4 is 5.91 Å². The summed E-state index contributed by atoms with van der Waals surface area (Å²) >= 11 is 0. The third-order valence-electron chi connectivity index (χ3n) is 3.45. The first-order chi connectivity index (χ1) is 8.50. The summed E-state index contributed by atoms with van der Waals surface area (Å²) in [4.78, 5) is 13.8. The highest BCUT2D eigenvalue weighted by Crippen LogP contribution is 2.17. The quantitative estimate of drug-likeness (QED) is 0.828. The summed E-state index contributed by atoms with van der Waals surface area (Å²) < 4.78 is 26.7. The first-order valence-electron chi connectivity index (χ1n) is 6.00. The summed E-state index contributed by atoms with van der Waals surface area (Å²) in [5, 5.41) is 3.23. The second-order valence-corrected chi connectivity index (χ2v) is 4.61. The Kier molecular flexibility index (Phi) is 3.61. The van der Waals surface area contributed by atoms with Gasteiger partial charge in [0.1, 0.15) is 11.6 Å². The van der Waals surface area contributed by atoms with E-state index >= 15 is 0 Å². The maximum atomic E-state index is 13.6. The van der Waals surface area contributed by atoms with E-state index in [1.165, 1.54) is 0 Å². The Bertz CT molecular complexity index is 464. The molecule has 0 radical (unpaired) electrons. The summed E-state index contributed by atoms with van der Waals surface area (Å²) in [6.07, 6.45) is 0. The Hall–Kier alpha value is -1.49. The highest BCUT2D eigenvalue weighted by molar-refractivity contribution is 5.94. The predicted octanol–water partition coefficient (Wildman–Crippen LogP) is 1.79. The second-order valence-electron chi connectivity index (χ2n) is 4.61. The van der Waals surface area contributed by atoms with E-state index in [2.05, 4.69) is 5.32 Å². The van der Waals surface area contributed by atoms with Crippen molar-refractivity contribution in [3.63, 3.8) is 0 Å². The third kappa shape index (κ3) is 2.36. The van der Waals surface area contributed by atoms with Gasteiger partial charge >= 0.3 is 0 Å². The second kappa shape index (κ2) is 5.02. The lowest BCUT2D eigenvalue weighted by atomic mass is 10.1. The van der Waals surface area contributed by atoms with Crippen molar-refractivity contribution in [1.82, 2.24) is 10.2 Å². The number of benzene rings is 1. The molecule has 1 heterocycles. The summed E-state index contributed by atoms with van der Waals surface area (Å²) in [7, 11) is 0. The minimum absolute atomic E-state index is 0.0473. The number of carbonyl (C=O) groups excluding carboxylic acids is 1. The fourth-order valence-corrected chi connectivity index (χ4v) is 2.16. The van der Waals surface area contributed by atoms with Crippen LogP contribution in [0.25, 0.3) is 0 Å². The molecule has 1 aliphatic heterocycles. The van der Waals surface area contributed by atoms with Crippen molar-refractivity contribution in [2.75, 3.05) is 13.1 Å². The van der Waals surface area contributed by atoms with Crippen molar-refractivity contribution < 1.29 is 13.6 Å². The molecule has 1 fully saturated rings. The number of piperazine rings is 1. The molecule has 1 aliphatic rings. The first-order valence-corrected chi connectivity index (χ1v) is 6.00. The Morgan fingerprint density at radius 3 is 2.83 bits per heavy atom. The number of nitrogens with one attached hydrogen (secondary N) is 1. The molecule has 98 valence electrons. The van der Waals surface area contributed by atoms with Gasteiger partial charge in [-0.25, -0.2) is 8.78 Å². The van der Waals surface area contributed by atoms with E-state index in [1.54, 1.807) is 4.90 Å². The minimum atomic E-state index is -0.681. The number of amides is 1. The number of halogens is 2. The number of hydrogen-bond acceptors (Lipinski definition) is 2. The van der Waals surface area contributed by atoms with E-state index in [4.69, 9.17) is 0 Å². The largest absolute Gasteiger partial charge is 0.333 e. The van der Waals surface area contributed by atoms with Crippen LogP contribution in [-0.4, -0.2) is 36.0 Å². The summed E-state index contributed by atoms with van der Waals surface area (Å²) in [6.45, 7) is 5.02. The topological polar surface area (TPSA) is 32.3 Å². The third-order valence-corrected chi connectivity index (χ3v) is 3.45. The van der Waals surface area contributed by atoms with Crippen LogP contribution in [0.1, 0.15) is 24.2 Å². The molecular formula is C13H16F2N2O. The van der Waals surface area contributed by atoms with Crippen LogP contribution >= 0.6 is 0 Å². The Balaban J connectivity index is 2.27. The monoisotopic (exact) mass is 254 g/mol. The van der Waals surface area contributed by atoms with Crippen LogP contribution in [0.2, 0.25) is 0 Å². The van der Waals surface area contributed by atoms with E-state index in [-0.39, 0.29) is 17.6 Å². The van der Waals surface area contributed by atoms with Gasteiger partial charge in [-0.1, -0.05) is 0 Å². The summed E-state index contributed by atoms with van der Waals surface area (Å²) in [5.74, 6) is -1.73. The maximum Gasteiger partial charge on any atom is 0.257 e. The maximum absolute atomic E-state index is 13.6. The zero-order valence-electron chi connectivity index (χ0n) is 10.4. The molecule has 5 heteroatoms. The SMILES string of the molecule is CC1NCCN(C(=O)c2cc(F)ccc2F)C1C. The van der Waals surface area contributed by atoms with Gasteiger partial charge in [0.15, 0.2) is 0 Å². The van der Waals surface area contributed by atoms with Crippen LogP contribution in [0.4, 0.5) is 8.78 Å². The smallest absolute Gasteiger partial charge is 0.257 e. The van der Waals surface area contributed by atoms with Crippen molar-refractivity contribution in [3.8, 4) is 0 Å². The first kappa shape index (κ1) is 13.0. The van der Waals surface area contributed by atoms with Crippen molar-refractivity contribution in [3.05, 3.63) is 35.4 Å². The van der Waals surface area contributed by atoms with Crippen molar-refractivity contribution in [2.45, 2.75) is 25.9 Å². The van der Waals surface area contributed by atoms with Gasteiger partial charge in [0.2, 0.25) is 0 Å². The van der Waals surface area contributed by atoms with Crippen molar-refractivity contribution in [1.29, 1.82) is 0 Å². The molecule has 0 saturated carbocycles. The van der Waals surface area contributed by atoms with Gasteiger partial charge in [0.25, 0.3) is 5.91 Å². The molecule has 0 aliphatic carbocycles. The Morgan fingerprint density at radius 2 is 2.11 bits per heavy atom. The summed E-state index contributed by atoms with van der Waals surface area (Å²) in [5.41, 5.74) is -0.198. The van der Waals surface area contributed by atoms with Crippen LogP contribution in [0.15, 0.2) is 18.2 Å². The normalized spacial score (nSPS) is 24.1. The highest BCUT2D eigenvalue weighted by atomic mass is 19.1. The standard InChI is InChI=1S/C13H16F2N2O/c1-8-9(2)17(6-5-16-8)13(18)11-7-10(14)3-4-12(11)15/h3-4,7-9,16H,5-6H2,1-2H3. The fraction of sp³-hybridized carbons (Fsp3) is 0.462. The zero-order chi connectivity index (χ0) is 13.3. The van der Waals surface area contributed by atoms with E-state index < -0.39 is 17.5 Å². The molecule has 1 aromatic carbocycles. The van der Waals surface area contributed by atoms with Gasteiger partial charge in [-0.2, -0.15) is 0 Å². The Labute approximate surface area is 105 Å².